The Morgan fingerprint density at radius 3 is 2.58 bits per heavy atom. The van der Waals surface area contributed by atoms with Crippen LogP contribution in [0.3, 0.4) is 0 Å². The van der Waals surface area contributed by atoms with E-state index in [1.807, 2.05) is 13.0 Å². The Hall–Kier alpha value is -0.560. The van der Waals surface area contributed by atoms with Gasteiger partial charge in [-0.2, -0.15) is 0 Å². The molecule has 0 heterocycles. The fraction of sp³-hybridized carbons (Fsp3) is 0.636. The van der Waals surface area contributed by atoms with Crippen LogP contribution in [-0.4, -0.2) is 11.2 Å². The van der Waals surface area contributed by atoms with Crippen molar-refractivity contribution >= 4 is 0 Å². The lowest BCUT2D eigenvalue weighted by molar-refractivity contribution is 0.132. The van der Waals surface area contributed by atoms with Gasteiger partial charge in [-0.05, 0) is 18.8 Å². The van der Waals surface area contributed by atoms with Gasteiger partial charge in [0.15, 0.2) is 0 Å². The largest absolute Gasteiger partial charge is 0.388 e. The zero-order chi connectivity index (χ0) is 9.35. The van der Waals surface area contributed by atoms with Crippen molar-refractivity contribution in [2.24, 2.45) is 11.3 Å². The highest BCUT2D eigenvalue weighted by Gasteiger charge is 2.29. The standard InChI is InChI=1S/C11H18O/c1-8(2)9-7-11(3,4)6-5-10(9)12/h5-6,9-10,12H,1,7H2,2-4H3. The highest BCUT2D eigenvalue weighted by Crippen LogP contribution is 2.36. The van der Waals surface area contributed by atoms with E-state index in [9.17, 15) is 5.11 Å². The number of aliphatic hydroxyl groups is 1. The van der Waals surface area contributed by atoms with E-state index >= 15 is 0 Å². The van der Waals surface area contributed by atoms with Crippen LogP contribution >= 0.6 is 0 Å². The van der Waals surface area contributed by atoms with Crippen molar-refractivity contribution in [2.45, 2.75) is 33.3 Å². The summed E-state index contributed by atoms with van der Waals surface area (Å²) in [5.74, 6) is 0.241. The van der Waals surface area contributed by atoms with Gasteiger partial charge >= 0.3 is 0 Å². The van der Waals surface area contributed by atoms with Crippen LogP contribution in [0.4, 0.5) is 0 Å². The van der Waals surface area contributed by atoms with Crippen molar-refractivity contribution in [3.8, 4) is 0 Å². The van der Waals surface area contributed by atoms with Gasteiger partial charge in [0.1, 0.15) is 0 Å². The average molecular weight is 166 g/mol. The number of rotatable bonds is 1. The maximum Gasteiger partial charge on any atom is 0.0786 e. The molecule has 1 nitrogen and oxygen atoms in total. The first-order chi connectivity index (χ1) is 5.42. The molecule has 0 radical (unpaired) electrons. The highest BCUT2D eigenvalue weighted by atomic mass is 16.3. The summed E-state index contributed by atoms with van der Waals surface area (Å²) in [4.78, 5) is 0. The van der Waals surface area contributed by atoms with Crippen molar-refractivity contribution in [2.75, 3.05) is 0 Å². The normalized spacial score (nSPS) is 33.3. The second-order valence-corrected chi connectivity index (χ2v) is 4.50. The highest BCUT2D eigenvalue weighted by molar-refractivity contribution is 5.14. The SMILES string of the molecule is C=C(C)C1CC(C)(C)C=CC1O. The molecule has 0 amide bonds. The van der Waals surface area contributed by atoms with Crippen LogP contribution < -0.4 is 0 Å². The van der Waals surface area contributed by atoms with Gasteiger partial charge in [-0.15, -0.1) is 0 Å². The average Bonchev–Trinajstić information content (AvgIpc) is 1.94. The van der Waals surface area contributed by atoms with Crippen LogP contribution in [-0.2, 0) is 0 Å². The molecule has 0 saturated heterocycles. The molecular formula is C11H18O. The summed E-state index contributed by atoms with van der Waals surface area (Å²) in [6.07, 6.45) is 4.66. The summed E-state index contributed by atoms with van der Waals surface area (Å²) in [6.45, 7) is 10.3. The number of hydrogen-bond acceptors (Lipinski definition) is 1. The summed E-state index contributed by atoms with van der Waals surface area (Å²) in [5.41, 5.74) is 1.29. The molecule has 0 saturated carbocycles. The first kappa shape index (κ1) is 9.53. The zero-order valence-electron chi connectivity index (χ0n) is 8.17. The molecule has 0 aromatic carbocycles. The molecule has 1 heteroatoms. The predicted octanol–water partition coefficient (Wildman–Crippen LogP) is 2.53. The van der Waals surface area contributed by atoms with E-state index < -0.39 is 0 Å². The molecule has 2 atom stereocenters. The minimum absolute atomic E-state index is 0.211. The molecule has 2 unspecified atom stereocenters. The molecule has 0 aliphatic heterocycles. The molecule has 1 rings (SSSR count). The number of hydrogen-bond donors (Lipinski definition) is 1. The number of allylic oxidation sites excluding steroid dienone is 1. The maximum atomic E-state index is 9.62. The molecule has 1 N–H and O–H groups in total. The Kier molecular flexibility index (Phi) is 2.43. The fourth-order valence-electron chi connectivity index (χ4n) is 1.71. The fourth-order valence-corrected chi connectivity index (χ4v) is 1.71. The lowest BCUT2D eigenvalue weighted by Crippen LogP contribution is -2.29. The van der Waals surface area contributed by atoms with Crippen LogP contribution in [0, 0.1) is 11.3 Å². The molecule has 68 valence electrons. The van der Waals surface area contributed by atoms with Gasteiger partial charge in [0.25, 0.3) is 0 Å². The molecule has 0 fully saturated rings. The summed E-state index contributed by atoms with van der Waals surface area (Å²) < 4.78 is 0. The molecular weight excluding hydrogens is 148 g/mol. The van der Waals surface area contributed by atoms with Crippen LogP contribution in [0.25, 0.3) is 0 Å². The van der Waals surface area contributed by atoms with Gasteiger partial charge in [0, 0.05) is 5.92 Å². The summed E-state index contributed by atoms with van der Waals surface area (Å²) in [5, 5.41) is 9.62. The van der Waals surface area contributed by atoms with Gasteiger partial charge in [0.2, 0.25) is 0 Å². The van der Waals surface area contributed by atoms with Gasteiger partial charge < -0.3 is 5.11 Å². The van der Waals surface area contributed by atoms with Gasteiger partial charge in [-0.1, -0.05) is 38.2 Å². The lowest BCUT2D eigenvalue weighted by Gasteiger charge is -2.34. The first-order valence-electron chi connectivity index (χ1n) is 4.45. The van der Waals surface area contributed by atoms with Crippen molar-refractivity contribution in [3.05, 3.63) is 24.3 Å². The van der Waals surface area contributed by atoms with E-state index in [2.05, 4.69) is 26.5 Å². The van der Waals surface area contributed by atoms with Crippen molar-refractivity contribution in [3.63, 3.8) is 0 Å². The molecule has 0 spiro atoms. The van der Waals surface area contributed by atoms with Crippen molar-refractivity contribution < 1.29 is 5.11 Å². The maximum absolute atomic E-state index is 9.62. The third-order valence-electron chi connectivity index (χ3n) is 2.54. The van der Waals surface area contributed by atoms with E-state index in [0.717, 1.165) is 12.0 Å². The van der Waals surface area contributed by atoms with Gasteiger partial charge in [0.05, 0.1) is 6.10 Å². The van der Waals surface area contributed by atoms with Crippen LogP contribution in [0.2, 0.25) is 0 Å². The Labute approximate surface area is 74.8 Å². The summed E-state index contributed by atoms with van der Waals surface area (Å²) in [7, 11) is 0. The smallest absolute Gasteiger partial charge is 0.0786 e. The van der Waals surface area contributed by atoms with Crippen LogP contribution in [0.5, 0.6) is 0 Å². The summed E-state index contributed by atoms with van der Waals surface area (Å²) >= 11 is 0. The minimum atomic E-state index is -0.324. The second-order valence-electron chi connectivity index (χ2n) is 4.50. The van der Waals surface area contributed by atoms with Crippen molar-refractivity contribution in [1.29, 1.82) is 0 Å². The third kappa shape index (κ3) is 1.98. The van der Waals surface area contributed by atoms with E-state index in [-0.39, 0.29) is 17.4 Å². The molecule has 1 aliphatic rings. The molecule has 0 bridgehead atoms. The number of aliphatic hydroxyl groups excluding tert-OH is 1. The van der Waals surface area contributed by atoms with Gasteiger partial charge in [-0.25, -0.2) is 0 Å². The van der Waals surface area contributed by atoms with Crippen molar-refractivity contribution in [1.82, 2.24) is 0 Å². The van der Waals surface area contributed by atoms with Gasteiger partial charge in [-0.3, -0.25) is 0 Å². The summed E-state index contributed by atoms with van der Waals surface area (Å²) in [6, 6.07) is 0. The molecule has 12 heavy (non-hydrogen) atoms. The molecule has 0 aromatic heterocycles. The molecule has 0 aromatic rings. The lowest BCUT2D eigenvalue weighted by atomic mass is 9.73. The Morgan fingerprint density at radius 2 is 2.17 bits per heavy atom. The van der Waals surface area contributed by atoms with E-state index in [1.54, 1.807) is 0 Å². The van der Waals surface area contributed by atoms with E-state index in [4.69, 9.17) is 0 Å². The second kappa shape index (κ2) is 3.06. The Balaban J connectivity index is 2.80. The van der Waals surface area contributed by atoms with Crippen LogP contribution in [0.1, 0.15) is 27.2 Å². The molecule has 1 aliphatic carbocycles. The van der Waals surface area contributed by atoms with E-state index in [0.29, 0.717) is 0 Å². The monoisotopic (exact) mass is 166 g/mol. The minimum Gasteiger partial charge on any atom is -0.388 e. The van der Waals surface area contributed by atoms with Crippen LogP contribution in [0.15, 0.2) is 24.3 Å². The Bertz CT molecular complexity index is 213. The quantitative estimate of drug-likeness (QED) is 0.593. The zero-order valence-corrected chi connectivity index (χ0v) is 8.17. The predicted molar refractivity (Wildman–Crippen MR) is 51.8 cm³/mol. The van der Waals surface area contributed by atoms with E-state index in [1.165, 1.54) is 0 Å². The third-order valence-corrected chi connectivity index (χ3v) is 2.54. The first-order valence-corrected chi connectivity index (χ1v) is 4.45. The topological polar surface area (TPSA) is 20.2 Å². The Morgan fingerprint density at radius 1 is 1.58 bits per heavy atom.